The second-order valence-electron chi connectivity index (χ2n) is 4.70. The van der Waals surface area contributed by atoms with Gasteiger partial charge in [-0.1, -0.05) is 32.1 Å². The fourth-order valence-corrected chi connectivity index (χ4v) is 3.49. The van der Waals surface area contributed by atoms with Gasteiger partial charge in [0, 0.05) is 17.2 Å². The van der Waals surface area contributed by atoms with Gasteiger partial charge in [0.1, 0.15) is 0 Å². The topological polar surface area (TPSA) is 22.0 Å². The number of rotatable bonds is 9. The molecule has 0 aliphatic heterocycles. The first-order valence-electron chi connectivity index (χ1n) is 6.81. The van der Waals surface area contributed by atoms with Crippen LogP contribution in [0.15, 0.2) is 26.0 Å². The molecule has 108 valence electrons. The Morgan fingerprint density at radius 3 is 2.21 bits per heavy atom. The predicted molar refractivity (Wildman–Crippen MR) is 92.3 cm³/mol. The van der Waals surface area contributed by atoms with Crippen molar-refractivity contribution in [1.82, 2.24) is 4.57 Å². The maximum absolute atomic E-state index is 11.8. The molecule has 0 N–H and O–H groups in total. The van der Waals surface area contributed by atoms with Crippen LogP contribution in [0, 0.1) is 0 Å². The molecule has 0 radical (unpaired) electrons. The van der Waals surface area contributed by atoms with Crippen molar-refractivity contribution in [3.05, 3.63) is 31.6 Å². The molecule has 0 aromatic carbocycles. The monoisotopic (exact) mass is 409 g/mol. The highest BCUT2D eigenvalue weighted by Crippen LogP contribution is 2.14. The number of hydrogen-bond donors (Lipinski definition) is 1. The summed E-state index contributed by atoms with van der Waals surface area (Å²) in [5, 5.41) is 0. The Labute approximate surface area is 137 Å². The van der Waals surface area contributed by atoms with Crippen LogP contribution in [0.1, 0.15) is 44.9 Å². The second-order valence-corrected chi connectivity index (χ2v) is 6.92. The lowest BCUT2D eigenvalue weighted by Crippen LogP contribution is -2.20. The van der Waals surface area contributed by atoms with Crippen LogP contribution < -0.4 is 5.56 Å². The predicted octanol–water partition coefficient (Wildman–Crippen LogP) is 5.03. The molecule has 0 aliphatic carbocycles. The van der Waals surface area contributed by atoms with Gasteiger partial charge in [-0.2, -0.15) is 12.6 Å². The first kappa shape index (κ1) is 17.3. The van der Waals surface area contributed by atoms with E-state index in [-0.39, 0.29) is 5.56 Å². The minimum absolute atomic E-state index is 0.0528. The van der Waals surface area contributed by atoms with E-state index in [9.17, 15) is 4.79 Å². The zero-order valence-corrected chi connectivity index (χ0v) is 15.1. The number of unbranched alkanes of at least 4 members (excludes halogenated alkanes) is 6. The summed E-state index contributed by atoms with van der Waals surface area (Å²) < 4.78 is 3.33. The van der Waals surface area contributed by atoms with Crippen LogP contribution in [0.2, 0.25) is 0 Å². The van der Waals surface area contributed by atoms with Crippen LogP contribution in [0.25, 0.3) is 0 Å². The quantitative estimate of drug-likeness (QED) is 0.447. The van der Waals surface area contributed by atoms with E-state index < -0.39 is 0 Å². The third-order valence-electron chi connectivity index (χ3n) is 3.07. The highest BCUT2D eigenvalue weighted by atomic mass is 79.9. The van der Waals surface area contributed by atoms with Crippen LogP contribution in [0.4, 0.5) is 0 Å². The second kappa shape index (κ2) is 10.1. The largest absolute Gasteiger partial charge is 0.313 e. The van der Waals surface area contributed by atoms with Gasteiger partial charge in [-0.25, -0.2) is 0 Å². The maximum Gasteiger partial charge on any atom is 0.264 e. The summed E-state index contributed by atoms with van der Waals surface area (Å²) in [5.74, 6) is 1.00. The van der Waals surface area contributed by atoms with Crippen LogP contribution in [0.3, 0.4) is 0 Å². The molecule has 0 amide bonds. The molecule has 5 heteroatoms. The lowest BCUT2D eigenvalue weighted by molar-refractivity contribution is 0.542. The van der Waals surface area contributed by atoms with Gasteiger partial charge in [0.05, 0.1) is 4.47 Å². The Balaban J connectivity index is 2.21. The van der Waals surface area contributed by atoms with Crippen molar-refractivity contribution in [1.29, 1.82) is 0 Å². The van der Waals surface area contributed by atoms with Gasteiger partial charge in [-0.05, 0) is 56.5 Å². The highest BCUT2D eigenvalue weighted by Gasteiger charge is 2.02. The Bertz CT molecular complexity index is 434. The molecule has 1 aromatic heterocycles. The molecule has 0 saturated heterocycles. The van der Waals surface area contributed by atoms with Crippen molar-refractivity contribution < 1.29 is 0 Å². The fraction of sp³-hybridized carbons (Fsp3) is 0.643. The summed E-state index contributed by atoms with van der Waals surface area (Å²) in [4.78, 5) is 11.8. The molecular formula is C14H21Br2NOS. The van der Waals surface area contributed by atoms with Gasteiger partial charge in [0.2, 0.25) is 0 Å². The van der Waals surface area contributed by atoms with Crippen LogP contribution >= 0.6 is 44.5 Å². The van der Waals surface area contributed by atoms with Crippen molar-refractivity contribution >= 4 is 44.5 Å². The molecule has 1 aromatic rings. The highest BCUT2D eigenvalue weighted by molar-refractivity contribution is 9.11. The molecule has 0 spiro atoms. The van der Waals surface area contributed by atoms with E-state index in [0.29, 0.717) is 4.47 Å². The molecule has 0 unspecified atom stereocenters. The maximum atomic E-state index is 11.8. The van der Waals surface area contributed by atoms with Crippen LogP contribution in [0.5, 0.6) is 0 Å². The Kier molecular flexibility index (Phi) is 9.16. The van der Waals surface area contributed by atoms with E-state index in [2.05, 4.69) is 44.5 Å². The molecule has 0 bridgehead atoms. The number of aryl methyl sites for hydroxylation is 1. The number of nitrogens with zero attached hydrogens (tertiary/aromatic N) is 1. The van der Waals surface area contributed by atoms with E-state index in [0.717, 1.165) is 23.2 Å². The van der Waals surface area contributed by atoms with E-state index in [1.54, 1.807) is 10.6 Å². The average Bonchev–Trinajstić information content (AvgIpc) is 2.38. The summed E-state index contributed by atoms with van der Waals surface area (Å²) in [6.45, 7) is 0.799. The first-order valence-corrected chi connectivity index (χ1v) is 9.03. The normalized spacial score (nSPS) is 10.9. The Morgan fingerprint density at radius 2 is 1.58 bits per heavy atom. The molecule has 0 fully saturated rings. The number of hydrogen-bond acceptors (Lipinski definition) is 2. The molecule has 1 heterocycles. The fourth-order valence-electron chi connectivity index (χ4n) is 2.01. The molecule has 19 heavy (non-hydrogen) atoms. The van der Waals surface area contributed by atoms with Gasteiger partial charge in [0.25, 0.3) is 5.56 Å². The van der Waals surface area contributed by atoms with E-state index in [1.807, 2.05) is 6.20 Å². The standard InChI is InChI=1S/C14H21Br2NOS/c15-12-10-13(16)14(18)17(11-12)8-6-4-2-1-3-5-7-9-19/h10-11,19H,1-9H2. The zero-order chi connectivity index (χ0) is 14.1. The van der Waals surface area contributed by atoms with Crippen molar-refractivity contribution in [3.63, 3.8) is 0 Å². The molecule has 2 nitrogen and oxygen atoms in total. The van der Waals surface area contributed by atoms with Gasteiger partial charge in [-0.15, -0.1) is 0 Å². The number of thiol groups is 1. The number of aromatic nitrogens is 1. The van der Waals surface area contributed by atoms with Crippen molar-refractivity contribution in [2.45, 2.75) is 51.5 Å². The lowest BCUT2D eigenvalue weighted by atomic mass is 10.1. The summed E-state index contributed by atoms with van der Waals surface area (Å²) in [6.07, 6.45) is 10.5. The van der Waals surface area contributed by atoms with Gasteiger partial charge in [-0.3, -0.25) is 4.79 Å². The average molecular weight is 411 g/mol. The third kappa shape index (κ3) is 7.00. The van der Waals surface area contributed by atoms with Crippen LogP contribution in [-0.4, -0.2) is 10.3 Å². The molecule has 0 atom stereocenters. The molecule has 0 aliphatic rings. The smallest absolute Gasteiger partial charge is 0.264 e. The van der Waals surface area contributed by atoms with Crippen molar-refractivity contribution in [2.75, 3.05) is 5.75 Å². The van der Waals surface area contributed by atoms with Crippen molar-refractivity contribution in [3.8, 4) is 0 Å². The summed E-state index contributed by atoms with van der Waals surface area (Å²) >= 11 is 10.9. The molecular weight excluding hydrogens is 390 g/mol. The SMILES string of the molecule is O=c1c(Br)cc(Br)cn1CCCCCCCCCS. The summed E-state index contributed by atoms with van der Waals surface area (Å²) in [7, 11) is 0. The number of halogens is 2. The Hall–Kier alpha value is 0.260. The molecule has 0 saturated carbocycles. The van der Waals surface area contributed by atoms with Gasteiger partial charge < -0.3 is 4.57 Å². The van der Waals surface area contributed by atoms with Crippen molar-refractivity contribution in [2.24, 2.45) is 0 Å². The lowest BCUT2D eigenvalue weighted by Gasteiger charge is -2.07. The number of pyridine rings is 1. The minimum atomic E-state index is 0.0528. The van der Waals surface area contributed by atoms with E-state index in [1.165, 1.54) is 38.5 Å². The summed E-state index contributed by atoms with van der Waals surface area (Å²) in [5.41, 5.74) is 0.0528. The van der Waals surface area contributed by atoms with Gasteiger partial charge in [0.15, 0.2) is 0 Å². The van der Waals surface area contributed by atoms with E-state index >= 15 is 0 Å². The minimum Gasteiger partial charge on any atom is -0.313 e. The zero-order valence-electron chi connectivity index (χ0n) is 11.1. The van der Waals surface area contributed by atoms with Crippen LogP contribution in [-0.2, 0) is 6.54 Å². The van der Waals surface area contributed by atoms with E-state index in [4.69, 9.17) is 0 Å². The summed E-state index contributed by atoms with van der Waals surface area (Å²) in [6, 6.07) is 1.79. The molecule has 1 rings (SSSR count). The Morgan fingerprint density at radius 1 is 1.00 bits per heavy atom. The first-order chi connectivity index (χ1) is 9.15. The third-order valence-corrected chi connectivity index (χ3v) is 4.38. The van der Waals surface area contributed by atoms with Gasteiger partial charge >= 0.3 is 0 Å².